The maximum atomic E-state index is 5.78. The summed E-state index contributed by atoms with van der Waals surface area (Å²) < 4.78 is 5.78. The number of tetrazole rings is 1. The molecule has 0 saturated carbocycles. The Morgan fingerprint density at radius 1 is 1.22 bits per heavy atom. The summed E-state index contributed by atoms with van der Waals surface area (Å²) in [7, 11) is 1.76. The Bertz CT molecular complexity index is 817. The Hall–Kier alpha value is -2.38. The zero-order valence-electron chi connectivity index (χ0n) is 13.0. The SMILES string of the molecule is Cn1nnc(C2CN(Cc3ccc4ccccc4n3)CCO2)n1. The average molecular weight is 310 g/mol. The van der Waals surface area contributed by atoms with E-state index in [0.717, 1.165) is 30.8 Å². The lowest BCUT2D eigenvalue weighted by Gasteiger charge is -2.31. The van der Waals surface area contributed by atoms with Gasteiger partial charge in [0.1, 0.15) is 6.10 Å². The fourth-order valence-corrected chi connectivity index (χ4v) is 2.86. The fraction of sp³-hybridized carbons (Fsp3) is 0.375. The van der Waals surface area contributed by atoms with Crippen molar-refractivity contribution in [1.82, 2.24) is 30.1 Å². The number of fused-ring (bicyclic) bond motifs is 1. The Balaban J connectivity index is 1.48. The summed E-state index contributed by atoms with van der Waals surface area (Å²) in [4.78, 5) is 8.52. The highest BCUT2D eigenvalue weighted by Crippen LogP contribution is 2.20. The van der Waals surface area contributed by atoms with E-state index in [1.54, 1.807) is 7.05 Å². The van der Waals surface area contributed by atoms with E-state index in [-0.39, 0.29) is 6.10 Å². The molecular formula is C16H18N6O. The molecule has 1 fully saturated rings. The highest BCUT2D eigenvalue weighted by atomic mass is 16.5. The zero-order chi connectivity index (χ0) is 15.6. The average Bonchev–Trinajstić information content (AvgIpc) is 3.02. The van der Waals surface area contributed by atoms with Crippen LogP contribution < -0.4 is 0 Å². The topological polar surface area (TPSA) is 69.0 Å². The predicted octanol–water partition coefficient (Wildman–Crippen LogP) is 1.33. The summed E-state index contributed by atoms with van der Waals surface area (Å²) in [6, 6.07) is 12.4. The van der Waals surface area contributed by atoms with E-state index in [2.05, 4.69) is 38.5 Å². The number of pyridine rings is 1. The number of ether oxygens (including phenoxy) is 1. The van der Waals surface area contributed by atoms with Gasteiger partial charge in [0.2, 0.25) is 5.82 Å². The van der Waals surface area contributed by atoms with Crippen LogP contribution in [0.1, 0.15) is 17.6 Å². The molecule has 1 atom stereocenters. The second kappa shape index (κ2) is 6.02. The Morgan fingerprint density at radius 2 is 2.13 bits per heavy atom. The van der Waals surface area contributed by atoms with Crippen LogP contribution in [0.4, 0.5) is 0 Å². The first-order valence-corrected chi connectivity index (χ1v) is 7.70. The molecule has 0 spiro atoms. The summed E-state index contributed by atoms with van der Waals surface area (Å²) in [6.45, 7) is 3.09. The van der Waals surface area contributed by atoms with Crippen LogP contribution in [-0.4, -0.2) is 49.8 Å². The summed E-state index contributed by atoms with van der Waals surface area (Å²) >= 11 is 0. The van der Waals surface area contributed by atoms with E-state index in [9.17, 15) is 0 Å². The van der Waals surface area contributed by atoms with Crippen molar-refractivity contribution in [2.45, 2.75) is 12.6 Å². The van der Waals surface area contributed by atoms with Crippen LogP contribution in [0.15, 0.2) is 36.4 Å². The standard InChI is InChI=1S/C16H18N6O/c1-21-19-16(18-20-21)15-11-22(8-9-23-15)10-13-7-6-12-4-2-3-5-14(12)17-13/h2-7,15H,8-11H2,1H3. The maximum absolute atomic E-state index is 5.78. The molecule has 0 N–H and O–H groups in total. The summed E-state index contributed by atoms with van der Waals surface area (Å²) in [5, 5.41) is 13.3. The number of benzene rings is 1. The third kappa shape index (κ3) is 3.06. The number of para-hydroxylation sites is 1. The molecule has 1 saturated heterocycles. The Labute approximate surface area is 133 Å². The smallest absolute Gasteiger partial charge is 0.204 e. The van der Waals surface area contributed by atoms with Gasteiger partial charge in [0, 0.05) is 25.0 Å². The molecule has 3 heterocycles. The lowest BCUT2D eigenvalue weighted by molar-refractivity contribution is -0.0376. The molecule has 0 radical (unpaired) electrons. The van der Waals surface area contributed by atoms with E-state index < -0.39 is 0 Å². The molecule has 4 rings (SSSR count). The van der Waals surface area contributed by atoms with Gasteiger partial charge < -0.3 is 4.74 Å². The van der Waals surface area contributed by atoms with Crippen molar-refractivity contribution in [3.05, 3.63) is 47.9 Å². The first-order valence-electron chi connectivity index (χ1n) is 7.70. The molecule has 2 aromatic heterocycles. The van der Waals surface area contributed by atoms with Crippen molar-refractivity contribution in [3.8, 4) is 0 Å². The van der Waals surface area contributed by atoms with Gasteiger partial charge in [0.15, 0.2) is 0 Å². The number of hydrogen-bond donors (Lipinski definition) is 0. The van der Waals surface area contributed by atoms with Gasteiger partial charge in [0.25, 0.3) is 0 Å². The van der Waals surface area contributed by atoms with E-state index in [1.807, 2.05) is 18.2 Å². The molecule has 1 aliphatic rings. The van der Waals surface area contributed by atoms with Gasteiger partial charge in [-0.05, 0) is 17.3 Å². The molecule has 1 unspecified atom stereocenters. The Morgan fingerprint density at radius 3 is 3.00 bits per heavy atom. The van der Waals surface area contributed by atoms with Crippen molar-refractivity contribution in [1.29, 1.82) is 0 Å². The zero-order valence-corrected chi connectivity index (χ0v) is 13.0. The quantitative estimate of drug-likeness (QED) is 0.727. The van der Waals surface area contributed by atoms with Crippen LogP contribution in [0.5, 0.6) is 0 Å². The Kier molecular flexibility index (Phi) is 3.72. The minimum atomic E-state index is -0.127. The summed E-state index contributed by atoms with van der Waals surface area (Å²) in [5.74, 6) is 0.642. The number of aryl methyl sites for hydroxylation is 1. The number of nitrogens with zero attached hydrogens (tertiary/aromatic N) is 6. The molecule has 7 nitrogen and oxygen atoms in total. The first-order chi connectivity index (χ1) is 11.3. The largest absolute Gasteiger partial charge is 0.367 e. The second-order valence-electron chi connectivity index (χ2n) is 5.73. The first kappa shape index (κ1) is 14.2. The fourth-order valence-electron chi connectivity index (χ4n) is 2.86. The molecular weight excluding hydrogens is 292 g/mol. The molecule has 0 bridgehead atoms. The van der Waals surface area contributed by atoms with Crippen LogP contribution in [0.3, 0.4) is 0 Å². The van der Waals surface area contributed by atoms with Crippen LogP contribution in [0.2, 0.25) is 0 Å². The lowest BCUT2D eigenvalue weighted by Crippen LogP contribution is -2.38. The third-order valence-corrected chi connectivity index (χ3v) is 4.00. The van der Waals surface area contributed by atoms with E-state index in [0.29, 0.717) is 12.4 Å². The van der Waals surface area contributed by atoms with Gasteiger partial charge in [-0.25, -0.2) is 0 Å². The maximum Gasteiger partial charge on any atom is 0.204 e. The van der Waals surface area contributed by atoms with Crippen LogP contribution in [0.25, 0.3) is 10.9 Å². The number of hydrogen-bond acceptors (Lipinski definition) is 6. The van der Waals surface area contributed by atoms with Crippen molar-refractivity contribution in [3.63, 3.8) is 0 Å². The minimum absolute atomic E-state index is 0.127. The summed E-state index contributed by atoms with van der Waals surface area (Å²) in [5.41, 5.74) is 2.10. The van der Waals surface area contributed by atoms with E-state index in [1.165, 1.54) is 10.2 Å². The van der Waals surface area contributed by atoms with E-state index >= 15 is 0 Å². The lowest BCUT2D eigenvalue weighted by atomic mass is 10.2. The van der Waals surface area contributed by atoms with Gasteiger partial charge in [-0.2, -0.15) is 4.80 Å². The van der Waals surface area contributed by atoms with Crippen molar-refractivity contribution >= 4 is 10.9 Å². The van der Waals surface area contributed by atoms with Gasteiger partial charge in [0.05, 0.1) is 24.9 Å². The normalized spacial score (nSPS) is 19.3. The second-order valence-corrected chi connectivity index (χ2v) is 5.73. The van der Waals surface area contributed by atoms with Crippen LogP contribution >= 0.6 is 0 Å². The molecule has 0 amide bonds. The third-order valence-electron chi connectivity index (χ3n) is 4.00. The van der Waals surface area contributed by atoms with Gasteiger partial charge >= 0.3 is 0 Å². The number of morpholine rings is 1. The molecule has 1 aromatic carbocycles. The monoisotopic (exact) mass is 310 g/mol. The van der Waals surface area contributed by atoms with Crippen LogP contribution in [-0.2, 0) is 18.3 Å². The highest BCUT2D eigenvalue weighted by molar-refractivity contribution is 5.78. The van der Waals surface area contributed by atoms with Crippen molar-refractivity contribution in [2.24, 2.45) is 7.05 Å². The van der Waals surface area contributed by atoms with Crippen LogP contribution in [0, 0.1) is 0 Å². The summed E-state index contributed by atoms with van der Waals surface area (Å²) in [6.07, 6.45) is -0.127. The molecule has 3 aromatic rings. The van der Waals surface area contributed by atoms with Gasteiger partial charge in [-0.3, -0.25) is 9.88 Å². The van der Waals surface area contributed by atoms with Crippen molar-refractivity contribution < 1.29 is 4.74 Å². The number of rotatable bonds is 3. The van der Waals surface area contributed by atoms with Gasteiger partial charge in [-0.1, -0.05) is 24.3 Å². The van der Waals surface area contributed by atoms with Crippen molar-refractivity contribution in [2.75, 3.05) is 19.7 Å². The van der Waals surface area contributed by atoms with E-state index in [4.69, 9.17) is 9.72 Å². The molecule has 118 valence electrons. The van der Waals surface area contributed by atoms with Gasteiger partial charge in [-0.15, -0.1) is 10.2 Å². The molecule has 7 heteroatoms. The minimum Gasteiger partial charge on any atom is -0.367 e. The highest BCUT2D eigenvalue weighted by Gasteiger charge is 2.25. The molecule has 23 heavy (non-hydrogen) atoms. The predicted molar refractivity (Wildman–Crippen MR) is 84.5 cm³/mol. The molecule has 1 aliphatic heterocycles. The number of aromatic nitrogens is 5. The molecule has 0 aliphatic carbocycles.